The Labute approximate surface area is 148 Å². The molecule has 0 atom stereocenters. The molecule has 132 valence electrons. The van der Waals surface area contributed by atoms with Gasteiger partial charge in [0.05, 0.1) is 4.90 Å². The standard InChI is InChI=1S/C17H23ClN2O3S/c1-20(17(12-5-6-12)13-7-8-13)16(21)9-10-19-24(22,23)15-4-2-3-14(18)11-15/h2-4,11-13,17,19H,5-10H2,1H3. The van der Waals surface area contributed by atoms with Crippen molar-refractivity contribution in [2.75, 3.05) is 13.6 Å². The molecule has 2 saturated carbocycles. The zero-order valence-electron chi connectivity index (χ0n) is 13.7. The van der Waals surface area contributed by atoms with Crippen LogP contribution in [-0.4, -0.2) is 38.9 Å². The van der Waals surface area contributed by atoms with Crippen LogP contribution in [0.3, 0.4) is 0 Å². The van der Waals surface area contributed by atoms with Crippen molar-refractivity contribution in [2.45, 2.75) is 43.0 Å². The van der Waals surface area contributed by atoms with Crippen molar-refractivity contribution in [3.8, 4) is 0 Å². The van der Waals surface area contributed by atoms with Gasteiger partial charge in [0.2, 0.25) is 15.9 Å². The van der Waals surface area contributed by atoms with Crippen LogP contribution in [0, 0.1) is 11.8 Å². The predicted octanol–water partition coefficient (Wildman–Crippen LogP) is 2.66. The molecule has 2 fully saturated rings. The van der Waals surface area contributed by atoms with Crippen LogP contribution in [-0.2, 0) is 14.8 Å². The van der Waals surface area contributed by atoms with Crippen molar-refractivity contribution in [3.05, 3.63) is 29.3 Å². The van der Waals surface area contributed by atoms with Gasteiger partial charge in [-0.05, 0) is 55.7 Å². The first-order valence-corrected chi connectivity index (χ1v) is 10.3. The zero-order chi connectivity index (χ0) is 17.3. The normalized spacial score (nSPS) is 18.0. The lowest BCUT2D eigenvalue weighted by Gasteiger charge is -2.28. The number of rotatable bonds is 8. The fourth-order valence-corrected chi connectivity index (χ4v) is 4.58. The van der Waals surface area contributed by atoms with Crippen molar-refractivity contribution < 1.29 is 13.2 Å². The molecule has 0 radical (unpaired) electrons. The second-order valence-corrected chi connectivity index (χ2v) is 8.98. The first-order valence-electron chi connectivity index (χ1n) is 8.39. The number of sulfonamides is 1. The van der Waals surface area contributed by atoms with Gasteiger partial charge in [0.25, 0.3) is 0 Å². The number of carbonyl (C=O) groups excluding carboxylic acids is 1. The fraction of sp³-hybridized carbons (Fsp3) is 0.588. The van der Waals surface area contributed by atoms with Crippen molar-refractivity contribution in [1.82, 2.24) is 9.62 Å². The third-order valence-corrected chi connectivity index (χ3v) is 6.48. The van der Waals surface area contributed by atoms with E-state index in [2.05, 4.69) is 4.72 Å². The molecule has 1 amide bonds. The van der Waals surface area contributed by atoms with Crippen LogP contribution in [0.15, 0.2) is 29.2 Å². The zero-order valence-corrected chi connectivity index (χ0v) is 15.3. The van der Waals surface area contributed by atoms with Crippen molar-refractivity contribution in [1.29, 1.82) is 0 Å². The SMILES string of the molecule is CN(C(=O)CCNS(=O)(=O)c1cccc(Cl)c1)C(C1CC1)C1CC1. The van der Waals surface area contributed by atoms with E-state index in [9.17, 15) is 13.2 Å². The van der Waals surface area contributed by atoms with Crippen LogP contribution in [0.25, 0.3) is 0 Å². The molecule has 1 aromatic rings. The lowest BCUT2D eigenvalue weighted by molar-refractivity contribution is -0.132. The largest absolute Gasteiger partial charge is 0.342 e. The van der Waals surface area contributed by atoms with E-state index < -0.39 is 10.0 Å². The van der Waals surface area contributed by atoms with Gasteiger partial charge in [-0.2, -0.15) is 0 Å². The number of carbonyl (C=O) groups is 1. The molecule has 2 aliphatic rings. The van der Waals surface area contributed by atoms with Gasteiger partial charge >= 0.3 is 0 Å². The smallest absolute Gasteiger partial charge is 0.240 e. The Hall–Kier alpha value is -1.11. The predicted molar refractivity (Wildman–Crippen MR) is 93.3 cm³/mol. The van der Waals surface area contributed by atoms with Gasteiger partial charge in [0.15, 0.2) is 0 Å². The fourth-order valence-electron chi connectivity index (χ4n) is 3.25. The van der Waals surface area contributed by atoms with E-state index in [0.717, 1.165) is 0 Å². The second kappa shape index (κ2) is 7.02. The molecule has 0 unspecified atom stereocenters. The maximum absolute atomic E-state index is 12.4. The number of hydrogen-bond donors (Lipinski definition) is 1. The van der Waals surface area contributed by atoms with E-state index in [1.165, 1.54) is 37.8 Å². The summed E-state index contributed by atoms with van der Waals surface area (Å²) in [4.78, 5) is 14.4. The molecule has 0 aromatic heterocycles. The number of nitrogens with one attached hydrogen (secondary N) is 1. The number of halogens is 1. The maximum Gasteiger partial charge on any atom is 0.240 e. The van der Waals surface area contributed by atoms with Gasteiger partial charge in [-0.3, -0.25) is 4.79 Å². The van der Waals surface area contributed by atoms with Crippen LogP contribution >= 0.6 is 11.6 Å². The van der Waals surface area contributed by atoms with E-state index in [1.807, 2.05) is 11.9 Å². The molecule has 0 saturated heterocycles. The summed E-state index contributed by atoms with van der Waals surface area (Å²) in [6.07, 6.45) is 5.01. The topological polar surface area (TPSA) is 66.5 Å². The van der Waals surface area contributed by atoms with E-state index in [4.69, 9.17) is 11.6 Å². The number of benzene rings is 1. The van der Waals surface area contributed by atoms with Crippen LogP contribution < -0.4 is 4.72 Å². The van der Waals surface area contributed by atoms with Crippen molar-refractivity contribution in [2.24, 2.45) is 11.8 Å². The van der Waals surface area contributed by atoms with Gasteiger partial charge in [0.1, 0.15) is 0 Å². The average Bonchev–Trinajstić information content (AvgIpc) is 3.42. The van der Waals surface area contributed by atoms with Crippen LogP contribution in [0.2, 0.25) is 5.02 Å². The van der Waals surface area contributed by atoms with Gasteiger partial charge in [-0.1, -0.05) is 17.7 Å². The summed E-state index contributed by atoms with van der Waals surface area (Å²) in [7, 11) is -1.78. The Kier molecular flexibility index (Phi) is 5.18. The number of nitrogens with zero attached hydrogens (tertiary/aromatic N) is 1. The Morgan fingerprint density at radius 2 is 1.92 bits per heavy atom. The lowest BCUT2D eigenvalue weighted by Crippen LogP contribution is -2.41. The molecule has 0 heterocycles. The number of amides is 1. The average molecular weight is 371 g/mol. The molecule has 7 heteroatoms. The molecule has 0 aliphatic heterocycles. The van der Waals surface area contributed by atoms with E-state index in [0.29, 0.717) is 22.9 Å². The second-order valence-electron chi connectivity index (χ2n) is 6.78. The monoisotopic (exact) mass is 370 g/mol. The highest BCUT2D eigenvalue weighted by Gasteiger charge is 2.44. The summed E-state index contributed by atoms with van der Waals surface area (Å²) in [5.74, 6) is 1.30. The van der Waals surface area contributed by atoms with E-state index in [-0.39, 0.29) is 23.8 Å². The summed E-state index contributed by atoms with van der Waals surface area (Å²) in [5.41, 5.74) is 0. The highest BCUT2D eigenvalue weighted by atomic mass is 35.5. The summed E-state index contributed by atoms with van der Waals surface area (Å²) >= 11 is 5.83. The summed E-state index contributed by atoms with van der Waals surface area (Å²) in [6.45, 7) is 0.0973. The van der Waals surface area contributed by atoms with Crippen LogP contribution in [0.5, 0.6) is 0 Å². The van der Waals surface area contributed by atoms with Crippen molar-refractivity contribution in [3.63, 3.8) is 0 Å². The molecule has 0 spiro atoms. The van der Waals surface area contributed by atoms with E-state index in [1.54, 1.807) is 12.1 Å². The summed E-state index contributed by atoms with van der Waals surface area (Å²) in [6, 6.07) is 6.44. The van der Waals surface area contributed by atoms with Crippen LogP contribution in [0.4, 0.5) is 0 Å². The third kappa shape index (κ3) is 4.29. The number of hydrogen-bond acceptors (Lipinski definition) is 3. The minimum Gasteiger partial charge on any atom is -0.342 e. The first-order chi connectivity index (χ1) is 11.4. The maximum atomic E-state index is 12.4. The Morgan fingerprint density at radius 3 is 2.46 bits per heavy atom. The first kappa shape index (κ1) is 17.7. The minimum atomic E-state index is -3.64. The van der Waals surface area contributed by atoms with Gasteiger partial charge in [-0.15, -0.1) is 0 Å². The van der Waals surface area contributed by atoms with Gasteiger partial charge in [-0.25, -0.2) is 13.1 Å². The molecule has 1 N–H and O–H groups in total. The molecule has 0 bridgehead atoms. The third-order valence-electron chi connectivity index (χ3n) is 4.79. The molecule has 1 aromatic carbocycles. The summed E-state index contributed by atoms with van der Waals surface area (Å²) in [5, 5.41) is 0.366. The van der Waals surface area contributed by atoms with Gasteiger partial charge in [0, 0.05) is 31.1 Å². The van der Waals surface area contributed by atoms with Crippen molar-refractivity contribution >= 4 is 27.5 Å². The molecular formula is C17H23ClN2O3S. The molecule has 5 nitrogen and oxygen atoms in total. The highest BCUT2D eigenvalue weighted by molar-refractivity contribution is 7.89. The molecule has 3 rings (SSSR count). The Bertz CT molecular complexity index is 702. The summed E-state index contributed by atoms with van der Waals surface area (Å²) < 4.78 is 26.9. The lowest BCUT2D eigenvalue weighted by atomic mass is 10.1. The minimum absolute atomic E-state index is 0.00703. The highest BCUT2D eigenvalue weighted by Crippen LogP contribution is 2.46. The Morgan fingerprint density at radius 1 is 1.29 bits per heavy atom. The molecule has 24 heavy (non-hydrogen) atoms. The van der Waals surface area contributed by atoms with E-state index >= 15 is 0 Å². The molecular weight excluding hydrogens is 348 g/mol. The van der Waals surface area contributed by atoms with Gasteiger partial charge < -0.3 is 4.90 Å². The molecule has 2 aliphatic carbocycles. The quantitative estimate of drug-likeness (QED) is 0.765. The van der Waals surface area contributed by atoms with Crippen LogP contribution in [0.1, 0.15) is 32.1 Å². The Balaban J connectivity index is 1.52.